The Morgan fingerprint density at radius 1 is 1.23 bits per heavy atom. The van der Waals surface area contributed by atoms with Crippen LogP contribution in [0.2, 0.25) is 5.02 Å². The van der Waals surface area contributed by atoms with Crippen molar-refractivity contribution in [2.45, 2.75) is 58.0 Å². The van der Waals surface area contributed by atoms with Crippen molar-refractivity contribution in [3.8, 4) is 5.75 Å². The van der Waals surface area contributed by atoms with Crippen molar-refractivity contribution < 1.29 is 9.15 Å². The summed E-state index contributed by atoms with van der Waals surface area (Å²) in [5, 5.41) is 1.52. The molecule has 0 saturated carbocycles. The van der Waals surface area contributed by atoms with E-state index in [0.717, 1.165) is 55.0 Å². The summed E-state index contributed by atoms with van der Waals surface area (Å²) >= 11 is 6.62. The van der Waals surface area contributed by atoms with Gasteiger partial charge in [0.1, 0.15) is 18.1 Å². The molecule has 0 radical (unpaired) electrons. The highest BCUT2D eigenvalue weighted by Crippen LogP contribution is 2.43. The summed E-state index contributed by atoms with van der Waals surface area (Å²) in [5.41, 5.74) is 5.02. The lowest BCUT2D eigenvalue weighted by Crippen LogP contribution is -2.37. The van der Waals surface area contributed by atoms with E-state index in [9.17, 15) is 4.79 Å². The number of unbranched alkanes of at least 4 members (excludes halogenated alkanes) is 1. The first-order chi connectivity index (χ1) is 14.7. The lowest BCUT2D eigenvalue weighted by Gasteiger charge is -2.38. The fourth-order valence-electron chi connectivity index (χ4n) is 4.95. The Hall–Kier alpha value is -2.30. The molecule has 4 nitrogen and oxygen atoms in total. The van der Waals surface area contributed by atoms with Crippen molar-refractivity contribution in [2.75, 3.05) is 6.73 Å². The maximum atomic E-state index is 12.3. The summed E-state index contributed by atoms with van der Waals surface area (Å²) in [6.07, 6.45) is 6.32. The van der Waals surface area contributed by atoms with Crippen LogP contribution in [0.15, 0.2) is 45.6 Å². The molecule has 5 heteroatoms. The second-order valence-electron chi connectivity index (χ2n) is 8.36. The average Bonchev–Trinajstić information content (AvgIpc) is 2.77. The van der Waals surface area contributed by atoms with Gasteiger partial charge in [-0.15, -0.1) is 0 Å². The molecule has 2 heterocycles. The van der Waals surface area contributed by atoms with Crippen LogP contribution in [0.25, 0.3) is 11.0 Å². The van der Waals surface area contributed by atoms with Crippen molar-refractivity contribution >= 4 is 22.6 Å². The molecule has 0 fully saturated rings. The van der Waals surface area contributed by atoms with Crippen LogP contribution in [0.4, 0.5) is 0 Å². The molecule has 2 aliphatic rings. The molecule has 1 aliphatic carbocycles. The average molecular weight is 424 g/mol. The molecule has 5 rings (SSSR count). The quantitative estimate of drug-likeness (QED) is 0.481. The Balaban J connectivity index is 1.58. The molecule has 0 bridgehead atoms. The number of hydrogen-bond acceptors (Lipinski definition) is 4. The van der Waals surface area contributed by atoms with Crippen LogP contribution < -0.4 is 10.4 Å². The van der Waals surface area contributed by atoms with Crippen molar-refractivity contribution in [3.63, 3.8) is 0 Å². The van der Waals surface area contributed by atoms with Gasteiger partial charge in [-0.2, -0.15) is 0 Å². The molecule has 2 aromatic carbocycles. The molecular formula is C25H26ClNO3. The SMILES string of the molecule is CCCCc1cc(=O)oc2c3c(c(Cl)cc12)OCN(C1CCCc2ccccc21)C3. The summed E-state index contributed by atoms with van der Waals surface area (Å²) in [6.45, 7) is 3.29. The van der Waals surface area contributed by atoms with Gasteiger partial charge in [0.2, 0.25) is 0 Å². The van der Waals surface area contributed by atoms with Crippen LogP contribution in [0.5, 0.6) is 5.75 Å². The van der Waals surface area contributed by atoms with Crippen molar-refractivity contribution in [1.82, 2.24) is 4.90 Å². The van der Waals surface area contributed by atoms with E-state index in [2.05, 4.69) is 36.1 Å². The Labute approximate surface area is 181 Å². The molecule has 0 spiro atoms. The third kappa shape index (κ3) is 3.42. The third-order valence-electron chi connectivity index (χ3n) is 6.44. The maximum Gasteiger partial charge on any atom is 0.336 e. The molecule has 1 atom stereocenters. The maximum absolute atomic E-state index is 12.3. The van der Waals surface area contributed by atoms with Crippen LogP contribution in [0.1, 0.15) is 60.9 Å². The minimum absolute atomic E-state index is 0.298. The van der Waals surface area contributed by atoms with Crippen molar-refractivity contribution in [2.24, 2.45) is 0 Å². The van der Waals surface area contributed by atoms with E-state index >= 15 is 0 Å². The van der Waals surface area contributed by atoms with Crippen LogP contribution >= 0.6 is 11.6 Å². The Kier molecular flexibility index (Phi) is 5.30. The number of halogens is 1. The molecule has 3 aromatic rings. The second kappa shape index (κ2) is 8.09. The van der Waals surface area contributed by atoms with Gasteiger partial charge in [-0.25, -0.2) is 4.79 Å². The summed E-state index contributed by atoms with van der Waals surface area (Å²) in [4.78, 5) is 14.7. The number of benzene rings is 2. The van der Waals surface area contributed by atoms with Gasteiger partial charge in [0.15, 0.2) is 0 Å². The zero-order chi connectivity index (χ0) is 20.7. The summed E-state index contributed by atoms with van der Waals surface area (Å²) in [5.74, 6) is 0.653. The van der Waals surface area contributed by atoms with Gasteiger partial charge in [0.05, 0.1) is 10.6 Å². The monoisotopic (exact) mass is 423 g/mol. The van der Waals surface area contributed by atoms with Crippen LogP contribution in [-0.2, 0) is 19.4 Å². The minimum Gasteiger partial charge on any atom is -0.476 e. The highest BCUT2D eigenvalue weighted by Gasteiger charge is 2.32. The van der Waals surface area contributed by atoms with E-state index in [0.29, 0.717) is 35.7 Å². The van der Waals surface area contributed by atoms with Gasteiger partial charge in [-0.05, 0) is 54.9 Å². The van der Waals surface area contributed by atoms with Gasteiger partial charge in [-0.1, -0.05) is 49.2 Å². The second-order valence-corrected chi connectivity index (χ2v) is 8.77. The van der Waals surface area contributed by atoms with Gasteiger partial charge >= 0.3 is 5.63 Å². The van der Waals surface area contributed by atoms with E-state index < -0.39 is 0 Å². The van der Waals surface area contributed by atoms with E-state index in [4.69, 9.17) is 20.8 Å². The Morgan fingerprint density at radius 3 is 2.97 bits per heavy atom. The summed E-state index contributed by atoms with van der Waals surface area (Å²) in [7, 11) is 0. The van der Waals surface area contributed by atoms with Gasteiger partial charge < -0.3 is 9.15 Å². The van der Waals surface area contributed by atoms with Crippen molar-refractivity contribution in [1.29, 1.82) is 0 Å². The Bertz CT molecular complexity index is 1150. The number of ether oxygens (including phenoxy) is 1. The molecule has 30 heavy (non-hydrogen) atoms. The molecule has 1 aliphatic heterocycles. The molecule has 0 saturated heterocycles. The molecule has 1 aromatic heterocycles. The van der Waals surface area contributed by atoms with E-state index in [1.54, 1.807) is 6.07 Å². The zero-order valence-corrected chi connectivity index (χ0v) is 18.0. The topological polar surface area (TPSA) is 42.7 Å². The minimum atomic E-state index is -0.307. The largest absolute Gasteiger partial charge is 0.476 e. The zero-order valence-electron chi connectivity index (χ0n) is 17.2. The summed E-state index contributed by atoms with van der Waals surface area (Å²) < 4.78 is 11.9. The van der Waals surface area contributed by atoms with Crippen LogP contribution in [0, 0.1) is 0 Å². The first kappa shape index (κ1) is 19.7. The third-order valence-corrected chi connectivity index (χ3v) is 6.72. The lowest BCUT2D eigenvalue weighted by molar-refractivity contribution is 0.0482. The number of fused-ring (bicyclic) bond motifs is 4. The molecule has 0 N–H and O–H groups in total. The van der Waals surface area contributed by atoms with E-state index in [1.165, 1.54) is 11.1 Å². The fourth-order valence-corrected chi connectivity index (χ4v) is 5.23. The predicted molar refractivity (Wildman–Crippen MR) is 119 cm³/mol. The van der Waals surface area contributed by atoms with E-state index in [-0.39, 0.29) is 5.63 Å². The van der Waals surface area contributed by atoms with Crippen LogP contribution in [0.3, 0.4) is 0 Å². The Morgan fingerprint density at radius 2 is 2.10 bits per heavy atom. The van der Waals surface area contributed by atoms with Gasteiger partial charge in [-0.3, -0.25) is 4.90 Å². The molecule has 1 unspecified atom stereocenters. The first-order valence-electron chi connectivity index (χ1n) is 10.9. The molecule has 0 amide bonds. The molecule has 156 valence electrons. The van der Waals surface area contributed by atoms with Crippen LogP contribution in [-0.4, -0.2) is 11.6 Å². The van der Waals surface area contributed by atoms with Gasteiger partial charge in [0, 0.05) is 24.0 Å². The van der Waals surface area contributed by atoms with Gasteiger partial charge in [0.25, 0.3) is 0 Å². The number of rotatable bonds is 4. The number of hydrogen-bond donors (Lipinski definition) is 0. The fraction of sp³-hybridized carbons (Fsp3) is 0.400. The normalized spacial score (nSPS) is 18.7. The standard InChI is InChI=1S/C25H26ClNO3/c1-2-3-7-17-12-23(28)30-24-19(17)13-21(26)25-20(24)14-27(15-29-25)22-11-6-9-16-8-4-5-10-18(16)22/h4-5,8,10,12-13,22H,2-3,6-7,9,11,14-15H2,1H3. The smallest absolute Gasteiger partial charge is 0.336 e. The number of nitrogens with zero attached hydrogens (tertiary/aromatic N) is 1. The van der Waals surface area contributed by atoms with Crippen molar-refractivity contribution in [3.05, 3.63) is 74.1 Å². The highest BCUT2D eigenvalue weighted by molar-refractivity contribution is 6.33. The first-order valence-corrected chi connectivity index (χ1v) is 11.3. The highest BCUT2D eigenvalue weighted by atomic mass is 35.5. The molecular weight excluding hydrogens is 398 g/mol. The number of aryl methyl sites for hydroxylation is 2. The summed E-state index contributed by atoms with van der Waals surface area (Å²) in [6, 6.07) is 12.5. The predicted octanol–water partition coefficient (Wildman–Crippen LogP) is 6.02. The van der Waals surface area contributed by atoms with E-state index in [1.807, 2.05) is 6.07 Å². The lowest BCUT2D eigenvalue weighted by atomic mass is 9.86.